The van der Waals surface area contributed by atoms with E-state index in [4.69, 9.17) is 9.15 Å². The van der Waals surface area contributed by atoms with Crippen LogP contribution in [0.5, 0.6) is 11.8 Å². The summed E-state index contributed by atoms with van der Waals surface area (Å²) in [6.07, 6.45) is -3.54. The Balaban J connectivity index is 1.73. The molecule has 0 amide bonds. The lowest BCUT2D eigenvalue weighted by Gasteiger charge is -2.07. The first-order valence-corrected chi connectivity index (χ1v) is 7.00. The van der Waals surface area contributed by atoms with E-state index in [-0.39, 0.29) is 6.01 Å². The van der Waals surface area contributed by atoms with Gasteiger partial charge in [-0.2, -0.15) is 18.2 Å². The van der Waals surface area contributed by atoms with Crippen molar-refractivity contribution in [3.63, 3.8) is 0 Å². The molecule has 0 unspecified atom stereocenters. The average molecular weight is 330 g/mol. The second-order valence-electron chi connectivity index (χ2n) is 5.08. The van der Waals surface area contributed by atoms with Crippen LogP contribution >= 0.6 is 0 Å². The molecule has 7 heteroatoms. The molecular formula is C17H9F3N2O2. The van der Waals surface area contributed by atoms with Crippen molar-refractivity contribution in [2.45, 2.75) is 6.18 Å². The highest BCUT2D eigenvalue weighted by Crippen LogP contribution is 2.33. The molecule has 120 valence electrons. The number of ether oxygens (including phenoxy) is 1. The van der Waals surface area contributed by atoms with E-state index in [1.165, 1.54) is 0 Å². The zero-order valence-electron chi connectivity index (χ0n) is 12.0. The number of benzene rings is 2. The zero-order chi connectivity index (χ0) is 16.7. The zero-order valence-corrected chi connectivity index (χ0v) is 12.0. The van der Waals surface area contributed by atoms with Crippen LogP contribution in [0, 0.1) is 0 Å². The maximum Gasteiger partial charge on any atom is 0.433 e. The second-order valence-corrected chi connectivity index (χ2v) is 5.08. The third-order valence-corrected chi connectivity index (χ3v) is 3.48. The van der Waals surface area contributed by atoms with Crippen LogP contribution in [0.15, 0.2) is 59.1 Å². The van der Waals surface area contributed by atoms with Crippen molar-refractivity contribution in [3.8, 4) is 11.8 Å². The molecule has 0 saturated heterocycles. The summed E-state index contributed by atoms with van der Waals surface area (Å²) in [5.74, 6) is 0.327. The second kappa shape index (κ2) is 5.23. The summed E-state index contributed by atoms with van der Waals surface area (Å²) in [6, 6.07) is 12.9. The van der Waals surface area contributed by atoms with Crippen LogP contribution < -0.4 is 4.74 Å². The number of hydrogen-bond donors (Lipinski definition) is 0. The van der Waals surface area contributed by atoms with Gasteiger partial charge in [-0.05, 0) is 30.3 Å². The summed E-state index contributed by atoms with van der Waals surface area (Å²) in [4.78, 5) is 7.11. The van der Waals surface area contributed by atoms with Crippen molar-refractivity contribution in [2.75, 3.05) is 0 Å². The Hall–Kier alpha value is -3.09. The SMILES string of the molecule is FC(F)(F)c1ccnc(Oc2ccc3oc4ccccc4c3c2)n1. The molecule has 0 aliphatic carbocycles. The minimum absolute atomic E-state index is 0.327. The molecule has 24 heavy (non-hydrogen) atoms. The maximum atomic E-state index is 12.7. The van der Waals surface area contributed by atoms with Crippen LogP contribution in [0.1, 0.15) is 5.69 Å². The predicted octanol–water partition coefficient (Wildman–Crippen LogP) is 5.19. The Morgan fingerprint density at radius 1 is 0.917 bits per heavy atom. The van der Waals surface area contributed by atoms with Crippen LogP contribution in [-0.4, -0.2) is 9.97 Å². The highest BCUT2D eigenvalue weighted by Gasteiger charge is 2.33. The molecule has 0 fully saturated rings. The average Bonchev–Trinajstić information content (AvgIpc) is 2.92. The number of rotatable bonds is 2. The number of halogens is 3. The van der Waals surface area contributed by atoms with Crippen molar-refractivity contribution >= 4 is 21.9 Å². The number of alkyl halides is 3. The van der Waals surface area contributed by atoms with E-state index in [9.17, 15) is 13.2 Å². The van der Waals surface area contributed by atoms with Gasteiger partial charge < -0.3 is 9.15 Å². The summed E-state index contributed by atoms with van der Waals surface area (Å²) < 4.78 is 49.1. The van der Waals surface area contributed by atoms with Crippen molar-refractivity contribution in [1.82, 2.24) is 9.97 Å². The van der Waals surface area contributed by atoms with E-state index in [1.807, 2.05) is 24.3 Å². The first-order chi connectivity index (χ1) is 11.5. The largest absolute Gasteiger partial charge is 0.456 e. The molecule has 0 radical (unpaired) electrons. The van der Waals surface area contributed by atoms with Crippen LogP contribution in [0.3, 0.4) is 0 Å². The minimum atomic E-state index is -4.55. The Labute approximate surface area is 133 Å². The molecule has 4 rings (SSSR count). The summed E-state index contributed by atoms with van der Waals surface area (Å²) in [7, 11) is 0. The third kappa shape index (κ3) is 2.54. The number of para-hydroxylation sites is 1. The summed E-state index contributed by atoms with van der Waals surface area (Å²) in [6.45, 7) is 0. The molecular weight excluding hydrogens is 321 g/mol. The molecule has 2 aromatic carbocycles. The number of aromatic nitrogens is 2. The van der Waals surface area contributed by atoms with E-state index >= 15 is 0 Å². The highest BCUT2D eigenvalue weighted by atomic mass is 19.4. The molecule has 2 heterocycles. The van der Waals surface area contributed by atoms with Gasteiger partial charge in [-0.1, -0.05) is 18.2 Å². The number of furan rings is 1. The van der Waals surface area contributed by atoms with Gasteiger partial charge in [0.05, 0.1) is 0 Å². The number of hydrogen-bond acceptors (Lipinski definition) is 4. The lowest BCUT2D eigenvalue weighted by molar-refractivity contribution is -0.141. The first-order valence-electron chi connectivity index (χ1n) is 7.00. The fraction of sp³-hybridized carbons (Fsp3) is 0.0588. The van der Waals surface area contributed by atoms with Gasteiger partial charge in [0.1, 0.15) is 16.9 Å². The van der Waals surface area contributed by atoms with Crippen LogP contribution in [0.2, 0.25) is 0 Å². The van der Waals surface area contributed by atoms with Gasteiger partial charge in [0.2, 0.25) is 0 Å². The minimum Gasteiger partial charge on any atom is -0.456 e. The van der Waals surface area contributed by atoms with E-state index < -0.39 is 11.9 Å². The van der Waals surface area contributed by atoms with Crippen molar-refractivity contribution < 1.29 is 22.3 Å². The molecule has 4 nitrogen and oxygen atoms in total. The fourth-order valence-electron chi connectivity index (χ4n) is 2.42. The normalized spacial score (nSPS) is 12.0. The molecule has 4 aromatic rings. The molecule has 0 aliphatic heterocycles. The van der Waals surface area contributed by atoms with Gasteiger partial charge in [0.15, 0.2) is 5.69 Å². The Morgan fingerprint density at radius 2 is 1.71 bits per heavy atom. The summed E-state index contributed by atoms with van der Waals surface area (Å²) >= 11 is 0. The maximum absolute atomic E-state index is 12.7. The van der Waals surface area contributed by atoms with E-state index in [0.717, 1.165) is 28.6 Å². The van der Waals surface area contributed by atoms with Gasteiger partial charge in [-0.25, -0.2) is 4.98 Å². The van der Waals surface area contributed by atoms with Gasteiger partial charge >= 0.3 is 12.2 Å². The number of fused-ring (bicyclic) bond motifs is 3. The molecule has 0 N–H and O–H groups in total. The van der Waals surface area contributed by atoms with E-state index in [1.54, 1.807) is 18.2 Å². The highest BCUT2D eigenvalue weighted by molar-refractivity contribution is 6.05. The van der Waals surface area contributed by atoms with Crippen LogP contribution in [0.4, 0.5) is 13.2 Å². The quantitative estimate of drug-likeness (QED) is 0.508. The van der Waals surface area contributed by atoms with Gasteiger partial charge in [0, 0.05) is 17.0 Å². The van der Waals surface area contributed by atoms with Crippen molar-refractivity contribution in [2.24, 2.45) is 0 Å². The van der Waals surface area contributed by atoms with E-state index in [2.05, 4.69) is 9.97 Å². The van der Waals surface area contributed by atoms with Crippen molar-refractivity contribution in [1.29, 1.82) is 0 Å². The smallest absolute Gasteiger partial charge is 0.433 e. The molecule has 0 bridgehead atoms. The topological polar surface area (TPSA) is 48.2 Å². The first kappa shape index (κ1) is 14.5. The van der Waals surface area contributed by atoms with Crippen LogP contribution in [0.25, 0.3) is 21.9 Å². The fourth-order valence-corrected chi connectivity index (χ4v) is 2.42. The van der Waals surface area contributed by atoms with Gasteiger partial charge in [-0.15, -0.1) is 0 Å². The standard InChI is InChI=1S/C17H9F3N2O2/c18-17(19,20)15-7-8-21-16(22-15)23-10-5-6-14-12(9-10)11-3-1-2-4-13(11)24-14/h1-9H. The third-order valence-electron chi connectivity index (χ3n) is 3.48. The van der Waals surface area contributed by atoms with E-state index in [0.29, 0.717) is 11.3 Å². The number of nitrogens with zero attached hydrogens (tertiary/aromatic N) is 2. The molecule has 0 spiro atoms. The Morgan fingerprint density at radius 3 is 2.54 bits per heavy atom. The lowest BCUT2D eigenvalue weighted by atomic mass is 10.1. The molecule has 0 saturated carbocycles. The Bertz CT molecular complexity index is 1040. The summed E-state index contributed by atoms with van der Waals surface area (Å²) in [5.41, 5.74) is 0.329. The Kier molecular flexibility index (Phi) is 3.16. The molecule has 2 aromatic heterocycles. The summed E-state index contributed by atoms with van der Waals surface area (Å²) in [5, 5.41) is 1.69. The monoisotopic (exact) mass is 330 g/mol. The predicted molar refractivity (Wildman–Crippen MR) is 80.8 cm³/mol. The van der Waals surface area contributed by atoms with Gasteiger partial charge in [-0.3, -0.25) is 0 Å². The molecule has 0 atom stereocenters. The van der Waals surface area contributed by atoms with Gasteiger partial charge in [0.25, 0.3) is 0 Å². The van der Waals surface area contributed by atoms with Crippen molar-refractivity contribution in [3.05, 3.63) is 60.4 Å². The van der Waals surface area contributed by atoms with Crippen LogP contribution in [-0.2, 0) is 6.18 Å². The molecule has 0 aliphatic rings. The lowest BCUT2D eigenvalue weighted by Crippen LogP contribution is -2.08.